The van der Waals surface area contributed by atoms with E-state index in [4.69, 9.17) is 15.2 Å². The molecule has 1 heterocycles. The molecule has 0 amide bonds. The second kappa shape index (κ2) is 6.13. The number of hydrogen-bond donors (Lipinski definition) is 1. The average Bonchev–Trinajstić information content (AvgIpc) is 2.38. The molecule has 110 valence electrons. The molecule has 5 nitrogen and oxygen atoms in total. The van der Waals surface area contributed by atoms with E-state index in [0.29, 0.717) is 17.9 Å². The fraction of sp³-hybridized carbons (Fsp3) is 0.533. The van der Waals surface area contributed by atoms with Gasteiger partial charge in [-0.2, -0.15) is 0 Å². The van der Waals surface area contributed by atoms with Crippen molar-refractivity contribution in [3.05, 3.63) is 23.8 Å². The third-order valence-electron chi connectivity index (χ3n) is 3.34. The van der Waals surface area contributed by atoms with Crippen molar-refractivity contribution >= 4 is 17.3 Å². The lowest BCUT2D eigenvalue weighted by Crippen LogP contribution is -2.45. The number of benzene rings is 1. The van der Waals surface area contributed by atoms with Crippen molar-refractivity contribution in [1.82, 2.24) is 0 Å². The monoisotopic (exact) mass is 278 g/mol. The van der Waals surface area contributed by atoms with Gasteiger partial charge in [0, 0.05) is 13.1 Å². The van der Waals surface area contributed by atoms with Crippen molar-refractivity contribution in [2.45, 2.75) is 33.0 Å². The molecule has 1 saturated heterocycles. The number of carbonyl (C=O) groups is 1. The Morgan fingerprint density at radius 2 is 2.05 bits per heavy atom. The number of esters is 1. The molecule has 0 aromatic heterocycles. The lowest BCUT2D eigenvalue weighted by atomic mass is 10.1. The topological polar surface area (TPSA) is 64.8 Å². The number of morpholine rings is 1. The average molecular weight is 278 g/mol. The van der Waals surface area contributed by atoms with Gasteiger partial charge in [-0.25, -0.2) is 4.79 Å². The van der Waals surface area contributed by atoms with Gasteiger partial charge < -0.3 is 20.1 Å². The zero-order valence-corrected chi connectivity index (χ0v) is 12.3. The summed E-state index contributed by atoms with van der Waals surface area (Å²) in [5.41, 5.74) is 7.93. The molecule has 1 aliphatic rings. The van der Waals surface area contributed by atoms with Gasteiger partial charge in [0.15, 0.2) is 0 Å². The molecule has 0 radical (unpaired) electrons. The Morgan fingerprint density at radius 3 is 2.65 bits per heavy atom. The number of anilines is 2. The largest absolute Gasteiger partial charge is 0.462 e. The van der Waals surface area contributed by atoms with Gasteiger partial charge in [-0.3, -0.25) is 0 Å². The Hall–Kier alpha value is -1.75. The van der Waals surface area contributed by atoms with Gasteiger partial charge in [0.1, 0.15) is 0 Å². The molecule has 2 atom stereocenters. The fourth-order valence-electron chi connectivity index (χ4n) is 2.59. The highest BCUT2D eigenvalue weighted by Crippen LogP contribution is 2.29. The summed E-state index contributed by atoms with van der Waals surface area (Å²) in [6, 6.07) is 5.47. The third kappa shape index (κ3) is 3.04. The van der Waals surface area contributed by atoms with E-state index in [-0.39, 0.29) is 18.2 Å². The van der Waals surface area contributed by atoms with Crippen LogP contribution in [0.1, 0.15) is 31.1 Å². The maximum absolute atomic E-state index is 11.9. The van der Waals surface area contributed by atoms with Crippen LogP contribution in [0, 0.1) is 0 Å². The van der Waals surface area contributed by atoms with Crippen LogP contribution in [0.5, 0.6) is 0 Å². The van der Waals surface area contributed by atoms with E-state index in [1.807, 2.05) is 26.0 Å². The summed E-state index contributed by atoms with van der Waals surface area (Å²) >= 11 is 0. The fourth-order valence-corrected chi connectivity index (χ4v) is 2.59. The Balaban J connectivity index is 2.28. The van der Waals surface area contributed by atoms with Crippen LogP contribution in [0.15, 0.2) is 18.2 Å². The van der Waals surface area contributed by atoms with Crippen LogP contribution >= 0.6 is 0 Å². The van der Waals surface area contributed by atoms with Gasteiger partial charge in [-0.1, -0.05) is 6.07 Å². The van der Waals surface area contributed by atoms with Gasteiger partial charge >= 0.3 is 5.97 Å². The second-order valence-corrected chi connectivity index (χ2v) is 5.12. The van der Waals surface area contributed by atoms with Gasteiger partial charge in [0.2, 0.25) is 0 Å². The quantitative estimate of drug-likeness (QED) is 0.677. The van der Waals surface area contributed by atoms with E-state index in [0.717, 1.165) is 18.8 Å². The number of para-hydroxylation sites is 1. The van der Waals surface area contributed by atoms with Gasteiger partial charge in [-0.05, 0) is 32.9 Å². The van der Waals surface area contributed by atoms with E-state index < -0.39 is 0 Å². The molecular weight excluding hydrogens is 256 g/mol. The van der Waals surface area contributed by atoms with E-state index in [2.05, 4.69) is 4.90 Å². The minimum absolute atomic E-state index is 0.143. The first kappa shape index (κ1) is 14.7. The summed E-state index contributed by atoms with van der Waals surface area (Å²) in [6.07, 6.45) is 0.286. The van der Waals surface area contributed by atoms with Crippen molar-refractivity contribution in [2.24, 2.45) is 0 Å². The zero-order valence-electron chi connectivity index (χ0n) is 12.3. The first-order chi connectivity index (χ1) is 9.52. The third-order valence-corrected chi connectivity index (χ3v) is 3.34. The van der Waals surface area contributed by atoms with Crippen LogP contribution in [-0.2, 0) is 9.47 Å². The Bertz CT molecular complexity index is 480. The van der Waals surface area contributed by atoms with Crippen LogP contribution in [0.25, 0.3) is 0 Å². The van der Waals surface area contributed by atoms with Crippen molar-refractivity contribution in [1.29, 1.82) is 0 Å². The minimum Gasteiger partial charge on any atom is -0.462 e. The molecule has 0 aliphatic carbocycles. The molecule has 1 fully saturated rings. The van der Waals surface area contributed by atoms with E-state index in [9.17, 15) is 4.79 Å². The van der Waals surface area contributed by atoms with Crippen LogP contribution in [0.2, 0.25) is 0 Å². The van der Waals surface area contributed by atoms with E-state index >= 15 is 0 Å². The molecule has 2 rings (SSSR count). The number of carbonyl (C=O) groups excluding carboxylic acids is 1. The zero-order chi connectivity index (χ0) is 14.7. The number of nitrogens with two attached hydrogens (primary N) is 1. The standard InChI is InChI=1S/C15H22N2O3/c1-4-19-15(18)12-6-5-7-13(14(12)16)17-8-10(2)20-11(3)9-17/h5-7,10-11H,4,8-9,16H2,1-3H3. The Kier molecular flexibility index (Phi) is 4.49. The van der Waals surface area contributed by atoms with Crippen LogP contribution in [0.4, 0.5) is 11.4 Å². The highest BCUT2D eigenvalue weighted by atomic mass is 16.5. The molecular formula is C15H22N2O3. The van der Waals surface area contributed by atoms with Gasteiger partial charge in [0.05, 0.1) is 35.8 Å². The minimum atomic E-state index is -0.374. The predicted molar refractivity (Wildman–Crippen MR) is 79.0 cm³/mol. The Morgan fingerprint density at radius 1 is 1.40 bits per heavy atom. The number of hydrogen-bond acceptors (Lipinski definition) is 5. The molecule has 0 bridgehead atoms. The highest BCUT2D eigenvalue weighted by Gasteiger charge is 2.25. The van der Waals surface area contributed by atoms with Crippen molar-refractivity contribution in [3.8, 4) is 0 Å². The summed E-state index contributed by atoms with van der Waals surface area (Å²) in [5, 5.41) is 0. The maximum Gasteiger partial charge on any atom is 0.340 e. The highest BCUT2D eigenvalue weighted by molar-refractivity contribution is 5.98. The lowest BCUT2D eigenvalue weighted by molar-refractivity contribution is -0.00517. The molecule has 20 heavy (non-hydrogen) atoms. The van der Waals surface area contributed by atoms with Crippen LogP contribution in [-0.4, -0.2) is 37.9 Å². The van der Waals surface area contributed by atoms with Crippen LogP contribution < -0.4 is 10.6 Å². The first-order valence-electron chi connectivity index (χ1n) is 6.99. The smallest absolute Gasteiger partial charge is 0.340 e. The van der Waals surface area contributed by atoms with Crippen molar-refractivity contribution in [2.75, 3.05) is 30.3 Å². The number of ether oxygens (including phenoxy) is 2. The Labute approximate surface area is 119 Å². The number of nitrogen functional groups attached to an aromatic ring is 1. The molecule has 1 aromatic rings. The SMILES string of the molecule is CCOC(=O)c1cccc(N2CC(C)OC(C)C2)c1N. The molecule has 1 aliphatic heterocycles. The van der Waals surface area contributed by atoms with Crippen molar-refractivity contribution < 1.29 is 14.3 Å². The molecule has 2 N–H and O–H groups in total. The van der Waals surface area contributed by atoms with Crippen molar-refractivity contribution in [3.63, 3.8) is 0 Å². The first-order valence-corrected chi connectivity index (χ1v) is 6.99. The van der Waals surface area contributed by atoms with Crippen LogP contribution in [0.3, 0.4) is 0 Å². The van der Waals surface area contributed by atoms with Gasteiger partial charge in [0.25, 0.3) is 0 Å². The summed E-state index contributed by atoms with van der Waals surface area (Å²) in [4.78, 5) is 14.0. The van der Waals surface area contributed by atoms with Gasteiger partial charge in [-0.15, -0.1) is 0 Å². The summed E-state index contributed by atoms with van der Waals surface area (Å²) in [7, 11) is 0. The molecule has 2 unspecified atom stereocenters. The second-order valence-electron chi connectivity index (χ2n) is 5.12. The predicted octanol–water partition coefficient (Wildman–Crippen LogP) is 2.06. The molecule has 5 heteroatoms. The molecule has 0 saturated carbocycles. The molecule has 1 aromatic carbocycles. The maximum atomic E-state index is 11.9. The number of rotatable bonds is 3. The summed E-state index contributed by atoms with van der Waals surface area (Å²) in [5.74, 6) is -0.374. The van der Waals surface area contributed by atoms with E-state index in [1.54, 1.807) is 13.0 Å². The lowest BCUT2D eigenvalue weighted by Gasteiger charge is -2.37. The van der Waals surface area contributed by atoms with E-state index in [1.165, 1.54) is 0 Å². The summed E-state index contributed by atoms with van der Waals surface area (Å²) < 4.78 is 10.8. The normalized spacial score (nSPS) is 22.6. The molecule has 0 spiro atoms. The number of nitrogens with zero attached hydrogens (tertiary/aromatic N) is 1. The summed E-state index contributed by atoms with van der Waals surface area (Å²) in [6.45, 7) is 7.72.